The number of hydrazine groups is 1. The van der Waals surface area contributed by atoms with E-state index in [1.807, 2.05) is 18.2 Å². The molecule has 2 N–H and O–H groups in total. The van der Waals surface area contributed by atoms with Gasteiger partial charge >= 0.3 is 5.69 Å². The molecular formula is C19H20FN5O2. The molecule has 140 valence electrons. The van der Waals surface area contributed by atoms with Gasteiger partial charge in [-0.15, -0.1) is 0 Å². The zero-order valence-electron chi connectivity index (χ0n) is 14.9. The van der Waals surface area contributed by atoms with Crippen LogP contribution in [0.4, 0.5) is 4.39 Å². The van der Waals surface area contributed by atoms with Gasteiger partial charge in [0, 0.05) is 19.0 Å². The highest BCUT2D eigenvalue weighted by Gasteiger charge is 2.19. The van der Waals surface area contributed by atoms with Crippen LogP contribution < -0.4 is 21.3 Å². The topological polar surface area (TPSA) is 73.1 Å². The number of nitrogens with zero attached hydrogens (tertiary/aromatic N) is 3. The number of rotatable bonds is 5. The van der Waals surface area contributed by atoms with Crippen LogP contribution in [0.5, 0.6) is 5.75 Å². The van der Waals surface area contributed by atoms with E-state index in [1.54, 1.807) is 19.2 Å². The van der Waals surface area contributed by atoms with Crippen LogP contribution in [-0.2, 0) is 6.54 Å². The van der Waals surface area contributed by atoms with Crippen molar-refractivity contribution in [2.75, 3.05) is 20.2 Å². The number of halogens is 1. The molecule has 8 heteroatoms. The quantitative estimate of drug-likeness (QED) is 0.712. The second kappa shape index (κ2) is 7.34. The highest BCUT2D eigenvalue weighted by atomic mass is 19.1. The molecule has 0 radical (unpaired) electrons. The molecule has 1 fully saturated rings. The maximum atomic E-state index is 13.4. The zero-order valence-corrected chi connectivity index (χ0v) is 14.9. The first-order valence-electron chi connectivity index (χ1n) is 8.68. The van der Waals surface area contributed by atoms with Crippen molar-refractivity contribution in [3.63, 3.8) is 0 Å². The Balaban J connectivity index is 1.65. The lowest BCUT2D eigenvalue weighted by molar-refractivity contribution is 0.411. The summed E-state index contributed by atoms with van der Waals surface area (Å²) in [7, 11) is 1.58. The molecule has 1 aliphatic rings. The molecule has 27 heavy (non-hydrogen) atoms. The van der Waals surface area contributed by atoms with E-state index in [9.17, 15) is 9.18 Å². The molecule has 1 saturated heterocycles. The summed E-state index contributed by atoms with van der Waals surface area (Å²) in [5.41, 5.74) is 8.33. The smallest absolute Gasteiger partial charge is 0.350 e. The average Bonchev–Trinajstić information content (AvgIpc) is 3.32. The second-order valence-corrected chi connectivity index (χ2v) is 6.46. The minimum atomic E-state index is -0.340. The molecule has 0 atom stereocenters. The summed E-state index contributed by atoms with van der Waals surface area (Å²) in [4.78, 5) is 12.8. The number of methoxy groups -OCH3 is 1. The van der Waals surface area contributed by atoms with Crippen LogP contribution in [0.25, 0.3) is 5.69 Å². The van der Waals surface area contributed by atoms with Crippen LogP contribution in [0.3, 0.4) is 0 Å². The SMILES string of the molecule is COc1cc(C2CNNC2)ccc1-n1cnn(Cc2cccc(F)c2)c1=O. The van der Waals surface area contributed by atoms with Gasteiger partial charge in [-0.25, -0.2) is 18.4 Å². The Hall–Kier alpha value is -2.97. The number of ether oxygens (including phenoxy) is 1. The Labute approximate surface area is 155 Å². The van der Waals surface area contributed by atoms with E-state index in [0.717, 1.165) is 18.7 Å². The molecule has 0 aliphatic carbocycles. The summed E-state index contributed by atoms with van der Waals surface area (Å²) >= 11 is 0. The number of nitrogens with one attached hydrogen (secondary N) is 2. The van der Waals surface area contributed by atoms with Crippen molar-refractivity contribution < 1.29 is 9.13 Å². The van der Waals surface area contributed by atoms with Crippen LogP contribution in [0, 0.1) is 5.82 Å². The molecule has 0 amide bonds. The highest BCUT2D eigenvalue weighted by molar-refractivity contribution is 5.49. The number of hydrogen-bond donors (Lipinski definition) is 2. The maximum absolute atomic E-state index is 13.4. The Morgan fingerprint density at radius 2 is 2.04 bits per heavy atom. The predicted molar refractivity (Wildman–Crippen MR) is 98.6 cm³/mol. The number of hydrogen-bond acceptors (Lipinski definition) is 5. The lowest BCUT2D eigenvalue weighted by Gasteiger charge is -2.13. The van der Waals surface area contributed by atoms with E-state index in [4.69, 9.17) is 4.74 Å². The third-order valence-electron chi connectivity index (χ3n) is 4.71. The molecule has 7 nitrogen and oxygen atoms in total. The van der Waals surface area contributed by atoms with Crippen molar-refractivity contribution >= 4 is 0 Å². The van der Waals surface area contributed by atoms with Gasteiger partial charge < -0.3 is 4.74 Å². The minimum absolute atomic E-state index is 0.198. The predicted octanol–water partition coefficient (Wildman–Crippen LogP) is 1.42. The zero-order chi connectivity index (χ0) is 18.8. The van der Waals surface area contributed by atoms with Gasteiger partial charge in [-0.3, -0.25) is 10.9 Å². The number of aromatic nitrogens is 3. The van der Waals surface area contributed by atoms with Crippen LogP contribution in [-0.4, -0.2) is 34.5 Å². The van der Waals surface area contributed by atoms with Crippen molar-refractivity contribution in [3.05, 3.63) is 76.2 Å². The molecule has 0 saturated carbocycles. The summed E-state index contributed by atoms with van der Waals surface area (Å²) in [6, 6.07) is 11.9. The first-order valence-corrected chi connectivity index (χ1v) is 8.68. The van der Waals surface area contributed by atoms with E-state index < -0.39 is 0 Å². The molecule has 0 unspecified atom stereocenters. The summed E-state index contributed by atoms with van der Waals surface area (Å²) in [6.45, 7) is 1.88. The fourth-order valence-electron chi connectivity index (χ4n) is 3.26. The van der Waals surface area contributed by atoms with Crippen molar-refractivity contribution in [1.29, 1.82) is 0 Å². The average molecular weight is 369 g/mol. The van der Waals surface area contributed by atoms with Gasteiger partial charge in [0.15, 0.2) is 0 Å². The molecule has 0 spiro atoms. The third-order valence-corrected chi connectivity index (χ3v) is 4.71. The molecular weight excluding hydrogens is 349 g/mol. The van der Waals surface area contributed by atoms with E-state index in [0.29, 0.717) is 22.9 Å². The van der Waals surface area contributed by atoms with Crippen LogP contribution in [0.1, 0.15) is 17.0 Å². The highest BCUT2D eigenvalue weighted by Crippen LogP contribution is 2.27. The fourth-order valence-corrected chi connectivity index (χ4v) is 3.26. The molecule has 3 aromatic rings. The summed E-state index contributed by atoms with van der Waals surface area (Å²) < 4.78 is 21.6. The van der Waals surface area contributed by atoms with Gasteiger partial charge in [-0.1, -0.05) is 18.2 Å². The van der Waals surface area contributed by atoms with E-state index in [1.165, 1.54) is 27.7 Å². The Kier molecular flexibility index (Phi) is 4.74. The summed E-state index contributed by atoms with van der Waals surface area (Å²) in [5.74, 6) is 0.611. The lowest BCUT2D eigenvalue weighted by Crippen LogP contribution is -2.24. The molecule has 2 heterocycles. The lowest BCUT2D eigenvalue weighted by atomic mass is 9.99. The van der Waals surface area contributed by atoms with E-state index >= 15 is 0 Å². The molecule has 0 bridgehead atoms. The molecule has 1 aromatic heterocycles. The van der Waals surface area contributed by atoms with Crippen molar-refractivity contribution in [1.82, 2.24) is 25.2 Å². The Morgan fingerprint density at radius 1 is 1.22 bits per heavy atom. The van der Waals surface area contributed by atoms with Gasteiger partial charge in [0.1, 0.15) is 17.9 Å². The van der Waals surface area contributed by atoms with Crippen molar-refractivity contribution in [2.45, 2.75) is 12.5 Å². The van der Waals surface area contributed by atoms with E-state index in [-0.39, 0.29) is 18.1 Å². The normalized spacial score (nSPS) is 14.6. The van der Waals surface area contributed by atoms with Gasteiger partial charge in [-0.2, -0.15) is 5.10 Å². The number of benzene rings is 2. The van der Waals surface area contributed by atoms with Crippen molar-refractivity contribution in [3.8, 4) is 11.4 Å². The Morgan fingerprint density at radius 3 is 2.78 bits per heavy atom. The first-order chi connectivity index (χ1) is 13.2. The largest absolute Gasteiger partial charge is 0.495 e. The standard InChI is InChI=1S/C19H20FN5O2/c1-27-18-8-14(15-9-21-22-10-15)5-6-17(18)24-12-23-25(19(24)26)11-13-3-2-4-16(20)7-13/h2-8,12,15,21-22H,9-11H2,1H3. The first kappa shape index (κ1) is 17.4. The minimum Gasteiger partial charge on any atom is -0.495 e. The second-order valence-electron chi connectivity index (χ2n) is 6.46. The monoisotopic (exact) mass is 369 g/mol. The van der Waals surface area contributed by atoms with Gasteiger partial charge in [0.05, 0.1) is 19.3 Å². The summed E-state index contributed by atoms with van der Waals surface area (Å²) in [5, 5.41) is 4.16. The fraction of sp³-hybridized carbons (Fsp3) is 0.263. The van der Waals surface area contributed by atoms with Gasteiger partial charge in [-0.05, 0) is 35.4 Å². The molecule has 1 aliphatic heterocycles. The molecule has 2 aromatic carbocycles. The van der Waals surface area contributed by atoms with Crippen molar-refractivity contribution in [2.24, 2.45) is 0 Å². The molecule has 4 rings (SSSR count). The summed E-state index contributed by atoms with van der Waals surface area (Å²) in [6.07, 6.45) is 1.46. The third kappa shape index (κ3) is 3.49. The van der Waals surface area contributed by atoms with Crippen LogP contribution in [0.15, 0.2) is 53.6 Å². The van der Waals surface area contributed by atoms with Crippen LogP contribution >= 0.6 is 0 Å². The van der Waals surface area contributed by atoms with Crippen LogP contribution in [0.2, 0.25) is 0 Å². The van der Waals surface area contributed by atoms with Gasteiger partial charge in [0.2, 0.25) is 0 Å². The van der Waals surface area contributed by atoms with E-state index in [2.05, 4.69) is 16.0 Å². The Bertz CT molecular complexity index is 1010. The van der Waals surface area contributed by atoms with Gasteiger partial charge in [0.25, 0.3) is 0 Å². The maximum Gasteiger partial charge on any atom is 0.350 e.